The van der Waals surface area contributed by atoms with Gasteiger partial charge < -0.3 is 26.2 Å². The molecule has 1 atom stereocenters. The number of carbonyl (C=O) groups excluding carboxylic acids is 1. The van der Waals surface area contributed by atoms with Crippen molar-refractivity contribution in [1.82, 2.24) is 15.2 Å². The van der Waals surface area contributed by atoms with Crippen LogP contribution in [-0.2, 0) is 0 Å². The maximum absolute atomic E-state index is 12.1. The lowest BCUT2D eigenvalue weighted by atomic mass is 9.95. The zero-order valence-electron chi connectivity index (χ0n) is 14.5. The third kappa shape index (κ3) is 2.21. The lowest BCUT2D eigenvalue weighted by molar-refractivity contribution is 0.0995. The van der Waals surface area contributed by atoms with Crippen molar-refractivity contribution in [2.75, 3.05) is 5.32 Å². The summed E-state index contributed by atoms with van der Waals surface area (Å²) in [7, 11) is 0. The molecule has 2 aromatic heterocycles. The summed E-state index contributed by atoms with van der Waals surface area (Å²) < 4.78 is 0. The van der Waals surface area contributed by atoms with Crippen LogP contribution in [0.1, 0.15) is 27.7 Å². The van der Waals surface area contributed by atoms with E-state index in [4.69, 9.17) is 5.73 Å². The number of primary amides is 1. The molecule has 0 saturated heterocycles. The van der Waals surface area contributed by atoms with Crippen LogP contribution in [0, 0.1) is 0 Å². The smallest absolute Gasteiger partial charge is 0.269 e. The van der Waals surface area contributed by atoms with E-state index in [0.717, 1.165) is 16.8 Å². The van der Waals surface area contributed by atoms with Gasteiger partial charge in [-0.1, -0.05) is 18.2 Å². The number of carbonyl (C=O) groups is 1. The third-order valence-corrected chi connectivity index (χ3v) is 4.99. The Hall–Kier alpha value is -4.07. The molecule has 1 amide bonds. The first kappa shape index (κ1) is 16.1. The summed E-state index contributed by atoms with van der Waals surface area (Å²) in [6.07, 6.45) is 1.75. The average molecular weight is 373 g/mol. The molecule has 4 aromatic rings. The van der Waals surface area contributed by atoms with Crippen LogP contribution in [0.25, 0.3) is 22.2 Å². The molecular formula is C20H15N5O3. The number of H-pyrrole nitrogens is 1. The van der Waals surface area contributed by atoms with Gasteiger partial charge in [-0.3, -0.25) is 4.79 Å². The SMILES string of the molecule is NC(=O)c1nnc2[nH]cc3c2c1-c1ccccc1NC3c1cc(O)ccc1O. The van der Waals surface area contributed by atoms with Gasteiger partial charge in [-0.15, -0.1) is 10.2 Å². The van der Waals surface area contributed by atoms with Gasteiger partial charge in [-0.25, -0.2) is 0 Å². The topological polar surface area (TPSA) is 137 Å². The predicted molar refractivity (Wildman–Crippen MR) is 103 cm³/mol. The summed E-state index contributed by atoms with van der Waals surface area (Å²) in [6, 6.07) is 11.3. The molecule has 8 nitrogen and oxygen atoms in total. The number of nitrogens with two attached hydrogens (primary N) is 1. The van der Waals surface area contributed by atoms with Gasteiger partial charge in [-0.05, 0) is 24.3 Å². The second-order valence-electron chi connectivity index (χ2n) is 6.62. The van der Waals surface area contributed by atoms with E-state index < -0.39 is 11.9 Å². The zero-order chi connectivity index (χ0) is 19.4. The van der Waals surface area contributed by atoms with Gasteiger partial charge in [0.15, 0.2) is 11.3 Å². The molecule has 0 saturated carbocycles. The number of aromatic amines is 1. The zero-order valence-corrected chi connectivity index (χ0v) is 14.5. The van der Waals surface area contributed by atoms with E-state index in [-0.39, 0.29) is 17.2 Å². The Morgan fingerprint density at radius 2 is 1.89 bits per heavy atom. The number of anilines is 1. The summed E-state index contributed by atoms with van der Waals surface area (Å²) in [4.78, 5) is 15.1. The highest BCUT2D eigenvalue weighted by molar-refractivity contribution is 6.10. The Morgan fingerprint density at radius 3 is 2.71 bits per heavy atom. The van der Waals surface area contributed by atoms with Gasteiger partial charge in [0.05, 0.1) is 6.04 Å². The molecule has 0 bridgehead atoms. The Morgan fingerprint density at radius 1 is 1.07 bits per heavy atom. The molecule has 1 aliphatic heterocycles. The van der Waals surface area contributed by atoms with Crippen molar-refractivity contribution in [2.45, 2.75) is 6.04 Å². The fraction of sp³-hybridized carbons (Fsp3) is 0.0500. The summed E-state index contributed by atoms with van der Waals surface area (Å²) >= 11 is 0. The van der Waals surface area contributed by atoms with Crippen molar-refractivity contribution in [3.63, 3.8) is 0 Å². The van der Waals surface area contributed by atoms with Gasteiger partial charge in [-0.2, -0.15) is 0 Å². The number of benzene rings is 2. The monoisotopic (exact) mass is 373 g/mol. The molecule has 1 unspecified atom stereocenters. The van der Waals surface area contributed by atoms with Gasteiger partial charge in [0, 0.05) is 39.5 Å². The maximum Gasteiger partial charge on any atom is 0.269 e. The van der Waals surface area contributed by atoms with Gasteiger partial charge in [0.1, 0.15) is 11.5 Å². The van der Waals surface area contributed by atoms with Crippen molar-refractivity contribution >= 4 is 22.6 Å². The molecule has 8 heteroatoms. The number of aromatic hydroxyl groups is 2. The molecule has 0 radical (unpaired) electrons. The molecule has 1 aliphatic rings. The Bertz CT molecular complexity index is 1260. The van der Waals surface area contributed by atoms with Gasteiger partial charge >= 0.3 is 0 Å². The quantitative estimate of drug-likeness (QED) is 0.343. The van der Waals surface area contributed by atoms with E-state index in [1.54, 1.807) is 6.20 Å². The molecule has 6 N–H and O–H groups in total. The minimum atomic E-state index is -0.676. The van der Waals surface area contributed by atoms with E-state index in [1.165, 1.54) is 18.2 Å². The minimum Gasteiger partial charge on any atom is -0.508 e. The van der Waals surface area contributed by atoms with Crippen LogP contribution in [0.4, 0.5) is 5.69 Å². The third-order valence-electron chi connectivity index (χ3n) is 4.99. The Kier molecular flexibility index (Phi) is 3.29. The summed E-state index contributed by atoms with van der Waals surface area (Å²) in [5, 5.41) is 32.6. The largest absolute Gasteiger partial charge is 0.508 e. The molecule has 0 spiro atoms. The number of para-hydroxylation sites is 1. The van der Waals surface area contributed by atoms with Crippen molar-refractivity contribution in [3.8, 4) is 22.6 Å². The fourth-order valence-electron chi connectivity index (χ4n) is 3.78. The number of hydrogen-bond donors (Lipinski definition) is 5. The second kappa shape index (κ2) is 5.71. The Balaban J connectivity index is 1.91. The Labute approximate surface area is 158 Å². The minimum absolute atomic E-state index is 0.0303. The number of fused-ring (bicyclic) bond motifs is 2. The van der Waals surface area contributed by atoms with Crippen molar-refractivity contribution in [2.24, 2.45) is 5.73 Å². The normalized spacial score (nSPS) is 14.9. The van der Waals surface area contributed by atoms with Crippen LogP contribution in [0.15, 0.2) is 48.7 Å². The van der Waals surface area contributed by atoms with E-state index in [9.17, 15) is 15.0 Å². The lowest BCUT2D eigenvalue weighted by Gasteiger charge is -2.20. The molecule has 5 rings (SSSR count). The van der Waals surface area contributed by atoms with Gasteiger partial charge in [0.25, 0.3) is 5.91 Å². The maximum atomic E-state index is 12.1. The molecule has 28 heavy (non-hydrogen) atoms. The summed E-state index contributed by atoms with van der Waals surface area (Å²) in [5.74, 6) is -0.613. The first-order chi connectivity index (χ1) is 13.5. The first-order valence-electron chi connectivity index (χ1n) is 8.60. The van der Waals surface area contributed by atoms with E-state index in [0.29, 0.717) is 22.2 Å². The van der Waals surface area contributed by atoms with Crippen molar-refractivity contribution in [3.05, 3.63) is 65.5 Å². The number of amides is 1. The molecule has 2 aromatic carbocycles. The van der Waals surface area contributed by atoms with Crippen LogP contribution in [0.2, 0.25) is 0 Å². The number of nitrogens with zero attached hydrogens (tertiary/aromatic N) is 2. The highest BCUT2D eigenvalue weighted by Gasteiger charge is 2.31. The number of nitrogens with one attached hydrogen (secondary N) is 2. The van der Waals surface area contributed by atoms with Crippen LogP contribution >= 0.6 is 0 Å². The predicted octanol–water partition coefficient (Wildman–Crippen LogP) is 2.65. The molecule has 0 fully saturated rings. The van der Waals surface area contributed by atoms with Crippen molar-refractivity contribution < 1.29 is 15.0 Å². The number of rotatable bonds is 2. The van der Waals surface area contributed by atoms with Gasteiger partial charge in [0.2, 0.25) is 0 Å². The number of phenols is 2. The van der Waals surface area contributed by atoms with Crippen LogP contribution in [0.5, 0.6) is 11.5 Å². The first-order valence-corrected chi connectivity index (χ1v) is 8.60. The van der Waals surface area contributed by atoms with Crippen LogP contribution in [0.3, 0.4) is 0 Å². The fourth-order valence-corrected chi connectivity index (χ4v) is 3.78. The highest BCUT2D eigenvalue weighted by Crippen LogP contribution is 2.46. The second-order valence-corrected chi connectivity index (χ2v) is 6.62. The molecule has 3 heterocycles. The van der Waals surface area contributed by atoms with E-state index in [2.05, 4.69) is 20.5 Å². The molecular weight excluding hydrogens is 358 g/mol. The van der Waals surface area contributed by atoms with Crippen LogP contribution in [-0.4, -0.2) is 31.3 Å². The molecule has 138 valence electrons. The van der Waals surface area contributed by atoms with Crippen LogP contribution < -0.4 is 11.1 Å². The van der Waals surface area contributed by atoms with Crippen molar-refractivity contribution in [1.29, 1.82) is 0 Å². The highest BCUT2D eigenvalue weighted by atomic mass is 16.3. The number of phenolic OH excluding ortho intramolecular Hbond substituents is 2. The van der Waals surface area contributed by atoms with E-state index >= 15 is 0 Å². The van der Waals surface area contributed by atoms with E-state index in [1.807, 2.05) is 24.3 Å². The average Bonchev–Trinajstić information content (AvgIpc) is 3.05. The number of aromatic nitrogens is 3. The number of hydrogen-bond acceptors (Lipinski definition) is 6. The molecule has 0 aliphatic carbocycles. The summed E-state index contributed by atoms with van der Waals surface area (Å²) in [5.41, 5.74) is 9.46. The summed E-state index contributed by atoms with van der Waals surface area (Å²) in [6.45, 7) is 0. The lowest BCUT2D eigenvalue weighted by Crippen LogP contribution is -2.15. The standard InChI is InChI=1S/C20H15N5O3/c21-19(28)18-15-10-3-1-2-4-13(10)23-17(11-7-9(26)5-6-14(11)27)12-8-22-20(16(12)15)25-24-18/h1-8,17,23,26-27H,(H2,21,28)(H,22,25).